The molecule has 0 N–H and O–H groups in total. The molecule has 2 heterocycles. The number of benzene rings is 2. The van der Waals surface area contributed by atoms with E-state index in [4.69, 9.17) is 15.3 Å². The van der Waals surface area contributed by atoms with Gasteiger partial charge in [0, 0.05) is 54.5 Å². The van der Waals surface area contributed by atoms with E-state index in [0.717, 1.165) is 31.0 Å². The van der Waals surface area contributed by atoms with Crippen molar-refractivity contribution in [1.82, 2.24) is 19.5 Å². The Morgan fingerprint density at radius 3 is 2.50 bits per heavy atom. The van der Waals surface area contributed by atoms with E-state index < -0.39 is 17.5 Å². The second-order valence-electron chi connectivity index (χ2n) is 9.34. The van der Waals surface area contributed by atoms with Crippen LogP contribution in [-0.2, 0) is 19.6 Å². The number of aromatic nitrogens is 4. The fourth-order valence-electron chi connectivity index (χ4n) is 4.27. The van der Waals surface area contributed by atoms with Crippen LogP contribution in [0.1, 0.15) is 41.8 Å². The molecule has 0 unspecified atom stereocenters. The van der Waals surface area contributed by atoms with E-state index in [1.807, 2.05) is 10.6 Å². The molecule has 0 aliphatic heterocycles. The number of halogens is 3. The molecule has 10 heteroatoms. The molecule has 38 heavy (non-hydrogen) atoms. The number of hydrogen-bond acceptors (Lipinski definition) is 6. The van der Waals surface area contributed by atoms with Crippen LogP contribution in [0, 0.1) is 45.5 Å². The fraction of sp³-hybridized carbons (Fsp3) is 0.250. The van der Waals surface area contributed by atoms with Gasteiger partial charge in [-0.15, -0.1) is 0 Å². The van der Waals surface area contributed by atoms with Gasteiger partial charge in [0.15, 0.2) is 0 Å². The number of rotatable bonds is 9. The van der Waals surface area contributed by atoms with Crippen LogP contribution in [0.4, 0.5) is 13.2 Å². The highest BCUT2D eigenvalue weighted by atomic mass is 19.1. The minimum atomic E-state index is -0.676. The molecule has 0 bridgehead atoms. The van der Waals surface area contributed by atoms with Gasteiger partial charge in [0.1, 0.15) is 29.9 Å². The number of ether oxygens (including phenoxy) is 1. The largest absolute Gasteiger partial charge is 0.458 e. The van der Waals surface area contributed by atoms with Crippen LogP contribution in [0.25, 0.3) is 11.3 Å². The Bertz CT molecular complexity index is 1580. The summed E-state index contributed by atoms with van der Waals surface area (Å²) in [6, 6.07) is 11.5. The van der Waals surface area contributed by atoms with Crippen molar-refractivity contribution in [2.75, 3.05) is 0 Å². The molecule has 0 saturated heterocycles. The second kappa shape index (κ2) is 10.3. The standard InChI is InChI=1S/C28H21F3N6O/c29-22-11-18(15-33)1-2-19(22)16-38-27-35-8-3-25(36-27)21-14-23(30)20(12-24(21)31)13-26-34-9-10-37(26)17-28(4-5-28)6-7-32/h1-3,8-12,14H,4-6,13,16-17H2. The Hall–Kier alpha value is -4.70. The van der Waals surface area contributed by atoms with Gasteiger partial charge < -0.3 is 9.30 Å². The Kier molecular flexibility index (Phi) is 6.80. The smallest absolute Gasteiger partial charge is 0.317 e. The summed E-state index contributed by atoms with van der Waals surface area (Å²) in [5.74, 6) is -1.31. The van der Waals surface area contributed by atoms with Gasteiger partial charge in [-0.05, 0) is 48.7 Å². The molecule has 7 nitrogen and oxygen atoms in total. The molecule has 0 spiro atoms. The fourth-order valence-corrected chi connectivity index (χ4v) is 4.27. The van der Waals surface area contributed by atoms with Crippen molar-refractivity contribution in [3.63, 3.8) is 0 Å². The zero-order valence-electron chi connectivity index (χ0n) is 20.2. The van der Waals surface area contributed by atoms with Crippen LogP contribution in [0.5, 0.6) is 6.01 Å². The lowest BCUT2D eigenvalue weighted by Crippen LogP contribution is -2.14. The molecular formula is C28H21F3N6O. The van der Waals surface area contributed by atoms with Crippen molar-refractivity contribution in [3.8, 4) is 29.4 Å². The van der Waals surface area contributed by atoms with Crippen LogP contribution in [-0.4, -0.2) is 19.5 Å². The van der Waals surface area contributed by atoms with Gasteiger partial charge in [-0.1, -0.05) is 6.07 Å². The second-order valence-corrected chi connectivity index (χ2v) is 9.34. The highest BCUT2D eigenvalue weighted by Gasteiger charge is 2.43. The van der Waals surface area contributed by atoms with Gasteiger partial charge in [0.2, 0.25) is 0 Å². The maximum Gasteiger partial charge on any atom is 0.317 e. The van der Waals surface area contributed by atoms with E-state index in [0.29, 0.717) is 18.8 Å². The third-order valence-corrected chi connectivity index (χ3v) is 6.65. The predicted octanol–water partition coefficient (Wildman–Crippen LogP) is 5.49. The monoisotopic (exact) mass is 514 g/mol. The van der Waals surface area contributed by atoms with Gasteiger partial charge in [0.05, 0.1) is 23.4 Å². The highest BCUT2D eigenvalue weighted by molar-refractivity contribution is 5.60. The van der Waals surface area contributed by atoms with E-state index in [1.54, 1.807) is 12.4 Å². The number of nitriles is 2. The summed E-state index contributed by atoms with van der Waals surface area (Å²) < 4.78 is 51.7. The first kappa shape index (κ1) is 25.0. The summed E-state index contributed by atoms with van der Waals surface area (Å²) >= 11 is 0. The lowest BCUT2D eigenvalue weighted by Gasteiger charge is -2.15. The minimum Gasteiger partial charge on any atom is -0.458 e. The molecule has 2 aromatic heterocycles. The van der Waals surface area contributed by atoms with Crippen LogP contribution in [0.2, 0.25) is 0 Å². The maximum atomic E-state index is 15.1. The van der Waals surface area contributed by atoms with E-state index in [2.05, 4.69) is 21.0 Å². The molecule has 0 radical (unpaired) electrons. The zero-order chi connectivity index (χ0) is 26.7. The lowest BCUT2D eigenvalue weighted by molar-refractivity contribution is 0.275. The zero-order valence-corrected chi connectivity index (χ0v) is 20.2. The SMILES string of the molecule is N#CCC1(Cn2ccnc2Cc2cc(F)c(-c3ccnc(OCc4ccc(C#N)cc4F)n3)cc2F)CC1. The number of hydrogen-bond donors (Lipinski definition) is 0. The van der Waals surface area contributed by atoms with Crippen LogP contribution in [0.15, 0.2) is 55.0 Å². The normalized spacial score (nSPS) is 13.5. The van der Waals surface area contributed by atoms with Crippen LogP contribution >= 0.6 is 0 Å². The van der Waals surface area contributed by atoms with Crippen LogP contribution in [0.3, 0.4) is 0 Å². The molecule has 0 amide bonds. The van der Waals surface area contributed by atoms with Crippen molar-refractivity contribution >= 4 is 0 Å². The first-order valence-corrected chi connectivity index (χ1v) is 11.9. The summed E-state index contributed by atoms with van der Waals surface area (Å²) in [5, 5.41) is 17.9. The molecule has 0 atom stereocenters. The van der Waals surface area contributed by atoms with Gasteiger partial charge in [-0.3, -0.25) is 0 Å². The van der Waals surface area contributed by atoms with Gasteiger partial charge in [-0.25, -0.2) is 23.1 Å². The molecule has 1 saturated carbocycles. The summed E-state index contributed by atoms with van der Waals surface area (Å²) in [7, 11) is 0. The molecule has 1 fully saturated rings. The minimum absolute atomic E-state index is 0.0590. The third-order valence-electron chi connectivity index (χ3n) is 6.65. The Balaban J connectivity index is 1.32. The highest BCUT2D eigenvalue weighted by Crippen LogP contribution is 2.50. The third kappa shape index (κ3) is 5.35. The molecular weight excluding hydrogens is 493 g/mol. The summed E-state index contributed by atoms with van der Waals surface area (Å²) in [6.07, 6.45) is 7.21. The average Bonchev–Trinajstić information content (AvgIpc) is 3.53. The Morgan fingerprint density at radius 1 is 0.947 bits per heavy atom. The average molecular weight is 515 g/mol. The molecule has 1 aliphatic carbocycles. The molecule has 4 aromatic rings. The van der Waals surface area contributed by atoms with Crippen molar-refractivity contribution in [2.24, 2.45) is 5.41 Å². The first-order valence-electron chi connectivity index (χ1n) is 11.9. The van der Waals surface area contributed by atoms with Gasteiger partial charge in [-0.2, -0.15) is 15.5 Å². The number of imidazole rings is 1. The summed E-state index contributed by atoms with van der Waals surface area (Å²) in [4.78, 5) is 12.4. The first-order chi connectivity index (χ1) is 18.4. The van der Waals surface area contributed by atoms with Crippen molar-refractivity contribution in [3.05, 3.63) is 95.0 Å². The topological polar surface area (TPSA) is 100 Å². The Morgan fingerprint density at radius 2 is 1.76 bits per heavy atom. The van der Waals surface area contributed by atoms with E-state index in [-0.39, 0.29) is 52.4 Å². The molecule has 5 rings (SSSR count). The molecule has 1 aliphatic rings. The van der Waals surface area contributed by atoms with Crippen LogP contribution < -0.4 is 4.74 Å². The van der Waals surface area contributed by atoms with Crippen molar-refractivity contribution in [2.45, 2.75) is 38.8 Å². The van der Waals surface area contributed by atoms with E-state index in [1.165, 1.54) is 24.4 Å². The predicted molar refractivity (Wildman–Crippen MR) is 130 cm³/mol. The van der Waals surface area contributed by atoms with E-state index in [9.17, 15) is 4.39 Å². The van der Waals surface area contributed by atoms with Gasteiger partial charge in [0.25, 0.3) is 0 Å². The van der Waals surface area contributed by atoms with Crippen molar-refractivity contribution in [1.29, 1.82) is 10.5 Å². The molecule has 190 valence electrons. The summed E-state index contributed by atoms with van der Waals surface area (Å²) in [6.45, 7) is 0.410. The summed E-state index contributed by atoms with van der Waals surface area (Å²) in [5.41, 5.74) is 0.490. The van der Waals surface area contributed by atoms with E-state index >= 15 is 8.78 Å². The van der Waals surface area contributed by atoms with Crippen molar-refractivity contribution < 1.29 is 17.9 Å². The maximum absolute atomic E-state index is 15.1. The lowest BCUT2D eigenvalue weighted by atomic mass is 10.0. The quantitative estimate of drug-likeness (QED) is 0.293. The molecule has 2 aromatic carbocycles. The van der Waals surface area contributed by atoms with Gasteiger partial charge >= 0.3 is 6.01 Å². The Labute approximate surface area is 216 Å². The number of nitrogens with zero attached hydrogens (tertiary/aromatic N) is 6.